The number of nitrogens with one attached hydrogen (secondary N) is 2. The molecule has 0 fully saturated rings. The third-order valence-corrected chi connectivity index (χ3v) is 2.68. The molecule has 0 aromatic rings. The highest BCUT2D eigenvalue weighted by molar-refractivity contribution is 5.82. The summed E-state index contributed by atoms with van der Waals surface area (Å²) < 4.78 is 5.35. The van der Waals surface area contributed by atoms with Crippen LogP contribution in [0.2, 0.25) is 0 Å². The number of amides is 2. The zero-order valence-electron chi connectivity index (χ0n) is 12.9. The highest BCUT2D eigenvalue weighted by Crippen LogP contribution is 2.04. The Hall–Kier alpha value is -1.30. The molecule has 0 bridgehead atoms. The Morgan fingerprint density at radius 1 is 1.10 bits per heavy atom. The Balaban J connectivity index is 3.77. The number of hydrogen-bond acceptors (Lipinski definition) is 3. The largest absolute Gasteiger partial charge is 0.480 e. The van der Waals surface area contributed by atoms with E-state index in [1.807, 2.05) is 13.8 Å². The van der Waals surface area contributed by atoms with Crippen LogP contribution >= 0.6 is 0 Å². The van der Waals surface area contributed by atoms with Crippen LogP contribution < -0.4 is 10.6 Å². The van der Waals surface area contributed by atoms with Crippen molar-refractivity contribution in [1.82, 2.24) is 10.6 Å². The van der Waals surface area contributed by atoms with Crippen LogP contribution in [0.1, 0.15) is 40.5 Å². The SMILES string of the molecule is CC(C)CCOCCNC(=O)N[C@@H](CC(C)C)C(=O)O. The van der Waals surface area contributed by atoms with Gasteiger partial charge in [-0.15, -0.1) is 0 Å². The minimum Gasteiger partial charge on any atom is -0.480 e. The molecule has 0 unspecified atom stereocenters. The predicted octanol–water partition coefficient (Wildman–Crippen LogP) is 1.85. The molecule has 0 radical (unpaired) electrons. The molecule has 0 aliphatic carbocycles. The summed E-state index contributed by atoms with van der Waals surface area (Å²) in [6.45, 7) is 9.55. The van der Waals surface area contributed by atoms with Crippen LogP contribution in [0, 0.1) is 11.8 Å². The summed E-state index contributed by atoms with van der Waals surface area (Å²) in [6, 6.07) is -1.32. The number of aliphatic carboxylic acids is 1. The molecule has 20 heavy (non-hydrogen) atoms. The fraction of sp³-hybridized carbons (Fsp3) is 0.857. The predicted molar refractivity (Wildman–Crippen MR) is 77.7 cm³/mol. The molecular weight excluding hydrogens is 260 g/mol. The van der Waals surface area contributed by atoms with Crippen LogP contribution in [0.5, 0.6) is 0 Å². The van der Waals surface area contributed by atoms with Crippen molar-refractivity contribution in [1.29, 1.82) is 0 Å². The second-order valence-electron chi connectivity index (χ2n) is 5.72. The van der Waals surface area contributed by atoms with Gasteiger partial charge < -0.3 is 20.5 Å². The molecule has 0 saturated heterocycles. The first-order chi connectivity index (χ1) is 9.32. The number of carbonyl (C=O) groups excluding carboxylic acids is 1. The molecular formula is C14H28N2O4. The third kappa shape index (κ3) is 10.6. The van der Waals surface area contributed by atoms with E-state index in [-0.39, 0.29) is 5.92 Å². The maximum atomic E-state index is 11.5. The Morgan fingerprint density at radius 2 is 1.75 bits per heavy atom. The van der Waals surface area contributed by atoms with Crippen LogP contribution in [0.4, 0.5) is 4.79 Å². The van der Waals surface area contributed by atoms with E-state index < -0.39 is 18.0 Å². The van der Waals surface area contributed by atoms with E-state index in [1.54, 1.807) is 0 Å². The number of hydrogen-bond donors (Lipinski definition) is 3. The van der Waals surface area contributed by atoms with Gasteiger partial charge in [-0.1, -0.05) is 27.7 Å². The van der Waals surface area contributed by atoms with Gasteiger partial charge in [0.2, 0.25) is 0 Å². The number of carboxylic acid groups (broad SMARTS) is 1. The molecule has 6 nitrogen and oxygen atoms in total. The highest BCUT2D eigenvalue weighted by Gasteiger charge is 2.20. The fourth-order valence-electron chi connectivity index (χ4n) is 1.56. The molecule has 0 aromatic heterocycles. The Labute approximate surface area is 121 Å². The lowest BCUT2D eigenvalue weighted by molar-refractivity contribution is -0.139. The molecule has 118 valence electrons. The topological polar surface area (TPSA) is 87.7 Å². The van der Waals surface area contributed by atoms with Gasteiger partial charge in [0.25, 0.3) is 0 Å². The first-order valence-corrected chi connectivity index (χ1v) is 7.17. The second-order valence-corrected chi connectivity index (χ2v) is 5.72. The number of carbonyl (C=O) groups is 2. The number of carboxylic acids is 1. The van der Waals surface area contributed by atoms with E-state index in [0.717, 1.165) is 6.42 Å². The van der Waals surface area contributed by atoms with Crippen LogP contribution in [0.15, 0.2) is 0 Å². The molecule has 0 aromatic carbocycles. The average Bonchev–Trinajstić information content (AvgIpc) is 2.31. The van der Waals surface area contributed by atoms with Gasteiger partial charge in [-0.05, 0) is 24.7 Å². The molecule has 0 rings (SSSR count). The summed E-state index contributed by atoms with van der Waals surface area (Å²) >= 11 is 0. The van der Waals surface area contributed by atoms with Crippen LogP contribution in [-0.4, -0.2) is 42.9 Å². The summed E-state index contributed by atoms with van der Waals surface area (Å²) in [4.78, 5) is 22.5. The van der Waals surface area contributed by atoms with Gasteiger partial charge in [-0.3, -0.25) is 0 Å². The molecule has 2 amide bonds. The molecule has 0 spiro atoms. The summed E-state index contributed by atoms with van der Waals surface area (Å²) in [5, 5.41) is 14.0. The molecule has 1 atom stereocenters. The maximum absolute atomic E-state index is 11.5. The molecule has 6 heteroatoms. The zero-order chi connectivity index (χ0) is 15.5. The highest BCUT2D eigenvalue weighted by atomic mass is 16.5. The van der Waals surface area contributed by atoms with Gasteiger partial charge in [-0.2, -0.15) is 0 Å². The summed E-state index contributed by atoms with van der Waals surface area (Å²) in [5.74, 6) is -0.212. The van der Waals surface area contributed by atoms with E-state index in [2.05, 4.69) is 24.5 Å². The second kappa shape index (κ2) is 10.5. The van der Waals surface area contributed by atoms with E-state index in [1.165, 1.54) is 0 Å². The van der Waals surface area contributed by atoms with Crippen LogP contribution in [0.25, 0.3) is 0 Å². The Morgan fingerprint density at radius 3 is 2.25 bits per heavy atom. The van der Waals surface area contributed by atoms with Gasteiger partial charge in [0.15, 0.2) is 0 Å². The number of urea groups is 1. The smallest absolute Gasteiger partial charge is 0.326 e. The lowest BCUT2D eigenvalue weighted by atomic mass is 10.0. The summed E-state index contributed by atoms with van der Waals surface area (Å²) in [6.07, 6.45) is 1.40. The molecule has 0 aliphatic rings. The lowest BCUT2D eigenvalue weighted by Gasteiger charge is -2.17. The van der Waals surface area contributed by atoms with Crippen molar-refractivity contribution in [2.24, 2.45) is 11.8 Å². The minimum absolute atomic E-state index is 0.204. The lowest BCUT2D eigenvalue weighted by Crippen LogP contribution is -2.47. The van der Waals surface area contributed by atoms with E-state index in [4.69, 9.17) is 9.84 Å². The van der Waals surface area contributed by atoms with Crippen molar-refractivity contribution in [3.05, 3.63) is 0 Å². The van der Waals surface area contributed by atoms with Crippen molar-refractivity contribution < 1.29 is 19.4 Å². The fourth-order valence-corrected chi connectivity index (χ4v) is 1.56. The van der Waals surface area contributed by atoms with Gasteiger partial charge in [0.1, 0.15) is 6.04 Å². The first-order valence-electron chi connectivity index (χ1n) is 7.17. The van der Waals surface area contributed by atoms with Crippen LogP contribution in [0.3, 0.4) is 0 Å². The van der Waals surface area contributed by atoms with Crippen molar-refractivity contribution in [3.63, 3.8) is 0 Å². The number of ether oxygens (including phenoxy) is 1. The third-order valence-electron chi connectivity index (χ3n) is 2.68. The molecule has 0 saturated carbocycles. The van der Waals surface area contributed by atoms with Gasteiger partial charge in [0.05, 0.1) is 6.61 Å². The van der Waals surface area contributed by atoms with Crippen molar-refractivity contribution in [2.45, 2.75) is 46.6 Å². The maximum Gasteiger partial charge on any atom is 0.326 e. The first kappa shape index (κ1) is 18.7. The Kier molecular flexibility index (Phi) is 9.80. The van der Waals surface area contributed by atoms with Crippen molar-refractivity contribution >= 4 is 12.0 Å². The van der Waals surface area contributed by atoms with E-state index in [0.29, 0.717) is 32.1 Å². The van der Waals surface area contributed by atoms with Gasteiger partial charge in [-0.25, -0.2) is 9.59 Å². The minimum atomic E-state index is -1.01. The average molecular weight is 288 g/mol. The van der Waals surface area contributed by atoms with Gasteiger partial charge in [0, 0.05) is 13.2 Å². The van der Waals surface area contributed by atoms with Crippen molar-refractivity contribution in [2.75, 3.05) is 19.8 Å². The zero-order valence-corrected chi connectivity index (χ0v) is 12.9. The molecule has 0 heterocycles. The Bertz CT molecular complexity index is 293. The summed E-state index contributed by atoms with van der Waals surface area (Å²) in [5.41, 5.74) is 0. The summed E-state index contributed by atoms with van der Waals surface area (Å²) in [7, 11) is 0. The molecule has 0 aliphatic heterocycles. The number of rotatable bonds is 10. The monoisotopic (exact) mass is 288 g/mol. The van der Waals surface area contributed by atoms with E-state index >= 15 is 0 Å². The standard InChI is InChI=1S/C14H28N2O4/c1-10(2)5-7-20-8-6-15-14(19)16-12(13(17)18)9-11(3)4/h10-12H,5-9H2,1-4H3,(H,17,18)(H2,15,16,19)/t12-/m0/s1. The van der Waals surface area contributed by atoms with Gasteiger partial charge >= 0.3 is 12.0 Å². The molecule has 3 N–H and O–H groups in total. The van der Waals surface area contributed by atoms with E-state index in [9.17, 15) is 9.59 Å². The normalized spacial score (nSPS) is 12.5. The van der Waals surface area contributed by atoms with Crippen molar-refractivity contribution in [3.8, 4) is 0 Å². The van der Waals surface area contributed by atoms with Crippen LogP contribution in [-0.2, 0) is 9.53 Å². The quantitative estimate of drug-likeness (QED) is 0.535.